The molecule has 1 aromatic heterocycles. The number of nitrogens with two attached hydrogens (primary N) is 1. The summed E-state index contributed by atoms with van der Waals surface area (Å²) in [5, 5.41) is 4.95. The highest BCUT2D eigenvalue weighted by Crippen LogP contribution is 2.20. The lowest BCUT2D eigenvalue weighted by atomic mass is 10.1. The van der Waals surface area contributed by atoms with Gasteiger partial charge in [-0.3, -0.25) is 9.58 Å². The van der Waals surface area contributed by atoms with E-state index in [9.17, 15) is 0 Å². The zero-order valence-electron chi connectivity index (χ0n) is 11.3. The third kappa shape index (κ3) is 3.72. The molecule has 1 aromatic carbocycles. The highest BCUT2D eigenvalue weighted by Gasteiger charge is 2.11. The first kappa shape index (κ1) is 13.9. The SMILES string of the molecule is CC(c1ccc(Cl)cc1)N(C)CCn1cc(N)cn1. The fourth-order valence-electron chi connectivity index (χ4n) is 1.95. The van der Waals surface area contributed by atoms with Gasteiger partial charge in [-0.05, 0) is 31.7 Å². The first-order chi connectivity index (χ1) is 9.06. The second-order valence-corrected chi connectivity index (χ2v) is 5.18. The van der Waals surface area contributed by atoms with E-state index in [4.69, 9.17) is 17.3 Å². The number of halogens is 1. The molecule has 4 nitrogen and oxygen atoms in total. The average molecular weight is 279 g/mol. The number of nitrogen functional groups attached to an aromatic ring is 1. The Morgan fingerprint density at radius 1 is 1.37 bits per heavy atom. The van der Waals surface area contributed by atoms with Crippen molar-refractivity contribution in [3.8, 4) is 0 Å². The van der Waals surface area contributed by atoms with Crippen LogP contribution in [0.4, 0.5) is 5.69 Å². The van der Waals surface area contributed by atoms with E-state index in [1.165, 1.54) is 5.56 Å². The van der Waals surface area contributed by atoms with Crippen molar-refractivity contribution in [2.45, 2.75) is 19.5 Å². The van der Waals surface area contributed by atoms with E-state index in [1.807, 2.05) is 23.0 Å². The van der Waals surface area contributed by atoms with Gasteiger partial charge in [0.05, 0.1) is 18.4 Å². The number of hydrogen-bond donors (Lipinski definition) is 1. The van der Waals surface area contributed by atoms with Gasteiger partial charge in [-0.1, -0.05) is 23.7 Å². The number of anilines is 1. The first-order valence-electron chi connectivity index (χ1n) is 6.30. The molecule has 0 spiro atoms. The highest BCUT2D eigenvalue weighted by atomic mass is 35.5. The molecule has 2 N–H and O–H groups in total. The number of nitrogens with zero attached hydrogens (tertiary/aromatic N) is 3. The Kier molecular flexibility index (Phi) is 4.45. The van der Waals surface area contributed by atoms with Crippen molar-refractivity contribution in [1.82, 2.24) is 14.7 Å². The summed E-state index contributed by atoms with van der Waals surface area (Å²) in [5.41, 5.74) is 7.60. The van der Waals surface area contributed by atoms with Crippen LogP contribution in [0.15, 0.2) is 36.7 Å². The third-order valence-electron chi connectivity index (χ3n) is 3.35. The van der Waals surface area contributed by atoms with E-state index < -0.39 is 0 Å². The van der Waals surface area contributed by atoms with Gasteiger partial charge in [0.1, 0.15) is 0 Å². The van der Waals surface area contributed by atoms with Crippen LogP contribution in [0, 0.1) is 0 Å². The molecule has 19 heavy (non-hydrogen) atoms. The average Bonchev–Trinajstić information content (AvgIpc) is 2.82. The molecule has 0 amide bonds. The fourth-order valence-corrected chi connectivity index (χ4v) is 2.08. The van der Waals surface area contributed by atoms with Crippen LogP contribution in [0.3, 0.4) is 0 Å². The second kappa shape index (κ2) is 6.08. The van der Waals surface area contributed by atoms with Crippen molar-refractivity contribution in [3.05, 3.63) is 47.2 Å². The number of hydrogen-bond acceptors (Lipinski definition) is 3. The molecule has 0 aliphatic carbocycles. The van der Waals surface area contributed by atoms with Gasteiger partial charge >= 0.3 is 0 Å². The lowest BCUT2D eigenvalue weighted by Gasteiger charge is -2.25. The summed E-state index contributed by atoms with van der Waals surface area (Å²) in [6.07, 6.45) is 3.52. The lowest BCUT2D eigenvalue weighted by Crippen LogP contribution is -2.26. The van der Waals surface area contributed by atoms with Gasteiger partial charge in [-0.2, -0.15) is 5.10 Å². The molecule has 0 fully saturated rings. The molecular weight excluding hydrogens is 260 g/mol. The molecule has 102 valence electrons. The van der Waals surface area contributed by atoms with Crippen LogP contribution < -0.4 is 5.73 Å². The van der Waals surface area contributed by atoms with Gasteiger partial charge < -0.3 is 5.73 Å². The van der Waals surface area contributed by atoms with Gasteiger partial charge in [0.25, 0.3) is 0 Å². The van der Waals surface area contributed by atoms with Crippen molar-refractivity contribution in [2.75, 3.05) is 19.3 Å². The maximum absolute atomic E-state index is 5.90. The molecule has 1 heterocycles. The van der Waals surface area contributed by atoms with Crippen LogP contribution in [-0.2, 0) is 6.54 Å². The fraction of sp³-hybridized carbons (Fsp3) is 0.357. The minimum absolute atomic E-state index is 0.338. The molecule has 0 aliphatic heterocycles. The smallest absolute Gasteiger partial charge is 0.0719 e. The Morgan fingerprint density at radius 2 is 2.05 bits per heavy atom. The van der Waals surface area contributed by atoms with Gasteiger partial charge in [-0.25, -0.2) is 0 Å². The van der Waals surface area contributed by atoms with Crippen molar-refractivity contribution in [2.24, 2.45) is 0 Å². The van der Waals surface area contributed by atoms with Crippen LogP contribution in [0.5, 0.6) is 0 Å². The monoisotopic (exact) mass is 278 g/mol. The number of aromatic nitrogens is 2. The maximum Gasteiger partial charge on any atom is 0.0719 e. The Bertz CT molecular complexity index is 520. The summed E-state index contributed by atoms with van der Waals surface area (Å²) in [4.78, 5) is 2.28. The summed E-state index contributed by atoms with van der Waals surface area (Å²) in [6, 6.07) is 8.32. The summed E-state index contributed by atoms with van der Waals surface area (Å²) < 4.78 is 1.86. The molecule has 0 saturated carbocycles. The van der Waals surface area contributed by atoms with E-state index in [0.717, 1.165) is 18.1 Å². The molecule has 0 radical (unpaired) electrons. The zero-order chi connectivity index (χ0) is 13.8. The van der Waals surface area contributed by atoms with Crippen molar-refractivity contribution in [1.29, 1.82) is 0 Å². The largest absolute Gasteiger partial charge is 0.396 e. The van der Waals surface area contributed by atoms with Crippen LogP contribution >= 0.6 is 11.6 Å². The standard InChI is InChI=1S/C14H19ClN4/c1-11(12-3-5-13(15)6-4-12)18(2)7-8-19-10-14(16)9-17-19/h3-6,9-11H,7-8,16H2,1-2H3. The van der Waals surface area contributed by atoms with Crippen molar-refractivity contribution >= 4 is 17.3 Å². The molecule has 0 bridgehead atoms. The van der Waals surface area contributed by atoms with E-state index in [1.54, 1.807) is 6.20 Å². The Balaban J connectivity index is 1.92. The molecule has 0 aliphatic rings. The molecule has 0 saturated heterocycles. The summed E-state index contributed by atoms with van der Waals surface area (Å²) in [7, 11) is 2.10. The molecule has 5 heteroatoms. The summed E-state index contributed by atoms with van der Waals surface area (Å²) in [5.74, 6) is 0. The second-order valence-electron chi connectivity index (χ2n) is 4.74. The Morgan fingerprint density at radius 3 is 2.63 bits per heavy atom. The molecule has 1 atom stereocenters. The maximum atomic E-state index is 5.90. The minimum atomic E-state index is 0.338. The molecule has 1 unspecified atom stereocenters. The molecular formula is C14H19ClN4. The van der Waals surface area contributed by atoms with Crippen molar-refractivity contribution in [3.63, 3.8) is 0 Å². The number of likely N-dealkylation sites (N-methyl/N-ethyl adjacent to an activating group) is 1. The minimum Gasteiger partial charge on any atom is -0.396 e. The van der Waals surface area contributed by atoms with Crippen LogP contribution in [0.2, 0.25) is 5.02 Å². The van der Waals surface area contributed by atoms with Crippen LogP contribution in [-0.4, -0.2) is 28.3 Å². The quantitative estimate of drug-likeness (QED) is 0.915. The van der Waals surface area contributed by atoms with Crippen molar-refractivity contribution < 1.29 is 0 Å². The lowest BCUT2D eigenvalue weighted by molar-refractivity contribution is 0.247. The summed E-state index contributed by atoms with van der Waals surface area (Å²) in [6.45, 7) is 3.91. The normalized spacial score (nSPS) is 12.8. The Hall–Kier alpha value is -1.52. The predicted molar refractivity (Wildman–Crippen MR) is 79.1 cm³/mol. The van der Waals surface area contributed by atoms with Crippen LogP contribution in [0.25, 0.3) is 0 Å². The van der Waals surface area contributed by atoms with Gasteiger partial charge in [0.2, 0.25) is 0 Å². The zero-order valence-corrected chi connectivity index (χ0v) is 12.0. The van der Waals surface area contributed by atoms with E-state index >= 15 is 0 Å². The topological polar surface area (TPSA) is 47.1 Å². The Labute approximate surface area is 118 Å². The molecule has 2 aromatic rings. The first-order valence-corrected chi connectivity index (χ1v) is 6.67. The van der Waals surface area contributed by atoms with Gasteiger partial charge in [-0.15, -0.1) is 0 Å². The van der Waals surface area contributed by atoms with Gasteiger partial charge in [0, 0.05) is 23.8 Å². The van der Waals surface area contributed by atoms with Crippen LogP contribution in [0.1, 0.15) is 18.5 Å². The van der Waals surface area contributed by atoms with Gasteiger partial charge in [0.15, 0.2) is 0 Å². The van der Waals surface area contributed by atoms with E-state index in [2.05, 4.69) is 36.1 Å². The number of rotatable bonds is 5. The number of benzene rings is 1. The predicted octanol–water partition coefficient (Wildman–Crippen LogP) is 2.81. The third-order valence-corrected chi connectivity index (χ3v) is 3.60. The van der Waals surface area contributed by atoms with E-state index in [0.29, 0.717) is 11.7 Å². The van der Waals surface area contributed by atoms with E-state index in [-0.39, 0.29) is 0 Å². The molecule has 2 rings (SSSR count). The highest BCUT2D eigenvalue weighted by molar-refractivity contribution is 6.30. The summed E-state index contributed by atoms with van der Waals surface area (Å²) >= 11 is 5.90.